The molecule has 0 aliphatic rings. The van der Waals surface area contributed by atoms with E-state index in [1.54, 1.807) is 6.08 Å². The van der Waals surface area contributed by atoms with Gasteiger partial charge in [0.05, 0.1) is 24.1 Å². The summed E-state index contributed by atoms with van der Waals surface area (Å²) >= 11 is 1.53. The molecular weight excluding hydrogens is 248 g/mol. The van der Waals surface area contributed by atoms with Gasteiger partial charge in [-0.05, 0) is 28.5 Å². The van der Waals surface area contributed by atoms with E-state index < -0.39 is 5.97 Å². The third kappa shape index (κ3) is 1.89. The van der Waals surface area contributed by atoms with E-state index in [1.165, 1.54) is 24.7 Å². The maximum atomic E-state index is 11.9. The predicted molar refractivity (Wildman–Crippen MR) is 73.4 cm³/mol. The molecular formula is C13H12N2O2S. The molecule has 2 N–H and O–H groups in total. The highest BCUT2D eigenvalue weighted by molar-refractivity contribution is 7.08. The largest absolute Gasteiger partial charge is 0.465 e. The van der Waals surface area contributed by atoms with Crippen molar-refractivity contribution in [2.24, 2.45) is 0 Å². The zero-order chi connectivity index (χ0) is 13.1. The Morgan fingerprint density at radius 3 is 2.83 bits per heavy atom. The number of nitrogens with one attached hydrogen (secondary N) is 2. The highest BCUT2D eigenvalue weighted by Gasteiger charge is 2.22. The first kappa shape index (κ1) is 12.3. The lowest BCUT2D eigenvalue weighted by Crippen LogP contribution is -2.03. The number of carbonyl (C=O) groups is 1. The quantitative estimate of drug-likeness (QED) is 0.655. The first-order valence-electron chi connectivity index (χ1n) is 5.22. The Hall–Kier alpha value is -2.14. The smallest absolute Gasteiger partial charge is 0.340 e. The summed E-state index contributed by atoms with van der Waals surface area (Å²) in [5, 5.41) is 11.3. The van der Waals surface area contributed by atoms with Crippen molar-refractivity contribution >= 4 is 29.6 Å². The number of esters is 1. The molecule has 0 radical (unpaired) electrons. The molecule has 0 saturated heterocycles. The number of aromatic amines is 1. The minimum absolute atomic E-state index is 0.421. The second kappa shape index (κ2) is 5.01. The molecule has 2 heterocycles. The molecule has 0 unspecified atom stereocenters. The fourth-order valence-corrected chi connectivity index (χ4v) is 2.47. The van der Waals surface area contributed by atoms with Crippen LogP contribution in [0.15, 0.2) is 23.4 Å². The Kier molecular flexibility index (Phi) is 3.43. The van der Waals surface area contributed by atoms with E-state index in [2.05, 4.69) is 11.6 Å². The molecule has 0 aromatic carbocycles. The molecule has 0 aliphatic heterocycles. The van der Waals surface area contributed by atoms with Crippen LogP contribution in [0, 0.1) is 5.41 Å². The number of carbonyl (C=O) groups excluding carboxylic acids is 1. The van der Waals surface area contributed by atoms with Gasteiger partial charge in [0, 0.05) is 11.8 Å². The molecule has 5 heteroatoms. The van der Waals surface area contributed by atoms with Crippen LogP contribution in [0.5, 0.6) is 0 Å². The summed E-state index contributed by atoms with van der Waals surface area (Å²) in [5.74, 6) is -0.435. The van der Waals surface area contributed by atoms with Gasteiger partial charge in [-0.1, -0.05) is 6.58 Å². The van der Waals surface area contributed by atoms with Gasteiger partial charge in [-0.3, -0.25) is 0 Å². The molecule has 0 spiro atoms. The summed E-state index contributed by atoms with van der Waals surface area (Å²) in [4.78, 5) is 14.9. The average Bonchev–Trinajstić information content (AvgIpc) is 3.03. The third-order valence-electron chi connectivity index (χ3n) is 2.61. The maximum absolute atomic E-state index is 11.9. The summed E-state index contributed by atoms with van der Waals surface area (Å²) in [5.41, 5.74) is 3.14. The lowest BCUT2D eigenvalue weighted by Gasteiger charge is -2.02. The van der Waals surface area contributed by atoms with Crippen molar-refractivity contribution in [1.29, 1.82) is 5.41 Å². The van der Waals surface area contributed by atoms with Crippen molar-refractivity contribution in [3.63, 3.8) is 0 Å². The molecule has 0 bridgehead atoms. The van der Waals surface area contributed by atoms with Gasteiger partial charge < -0.3 is 15.1 Å². The fourth-order valence-electron chi connectivity index (χ4n) is 1.82. The molecule has 0 atom stereocenters. The zero-order valence-corrected chi connectivity index (χ0v) is 10.6. The highest BCUT2D eigenvalue weighted by atomic mass is 32.1. The molecule has 2 rings (SSSR count). The summed E-state index contributed by atoms with van der Waals surface area (Å²) < 4.78 is 4.80. The normalized spacial score (nSPS) is 10.1. The van der Waals surface area contributed by atoms with Crippen LogP contribution in [-0.2, 0) is 4.74 Å². The summed E-state index contributed by atoms with van der Waals surface area (Å²) in [6, 6.07) is 1.90. The van der Waals surface area contributed by atoms with Crippen molar-refractivity contribution in [2.45, 2.75) is 0 Å². The van der Waals surface area contributed by atoms with E-state index in [9.17, 15) is 4.79 Å². The number of thiophene rings is 1. The minimum atomic E-state index is -0.435. The van der Waals surface area contributed by atoms with E-state index in [-0.39, 0.29) is 0 Å². The van der Waals surface area contributed by atoms with Crippen molar-refractivity contribution in [3.05, 3.63) is 40.4 Å². The number of aromatic nitrogens is 1. The molecule has 0 amide bonds. The number of methoxy groups -OCH3 is 1. The van der Waals surface area contributed by atoms with Gasteiger partial charge >= 0.3 is 5.97 Å². The topological polar surface area (TPSA) is 65.9 Å². The summed E-state index contributed by atoms with van der Waals surface area (Å²) in [6.07, 6.45) is 2.74. The van der Waals surface area contributed by atoms with Gasteiger partial charge in [-0.2, -0.15) is 11.3 Å². The molecule has 2 aromatic heterocycles. The molecule has 0 fully saturated rings. The van der Waals surface area contributed by atoms with Crippen LogP contribution in [0.1, 0.15) is 21.7 Å². The second-order valence-electron chi connectivity index (χ2n) is 3.55. The van der Waals surface area contributed by atoms with E-state index in [0.717, 1.165) is 5.56 Å². The number of rotatable bonds is 4. The first-order valence-corrected chi connectivity index (χ1v) is 6.17. The fraction of sp³-hybridized carbons (Fsp3) is 0.0769. The molecule has 2 aromatic rings. The Morgan fingerprint density at radius 2 is 2.33 bits per heavy atom. The van der Waals surface area contributed by atoms with Crippen molar-refractivity contribution in [1.82, 2.24) is 4.98 Å². The van der Waals surface area contributed by atoms with Gasteiger partial charge in [-0.25, -0.2) is 4.79 Å². The van der Waals surface area contributed by atoms with E-state index in [4.69, 9.17) is 10.1 Å². The Bertz CT molecular complexity index is 597. The Balaban J connectivity index is 2.75. The highest BCUT2D eigenvalue weighted by Crippen LogP contribution is 2.32. The third-order valence-corrected chi connectivity index (χ3v) is 3.29. The lowest BCUT2D eigenvalue weighted by molar-refractivity contribution is 0.0601. The van der Waals surface area contributed by atoms with E-state index in [1.807, 2.05) is 16.8 Å². The van der Waals surface area contributed by atoms with Gasteiger partial charge in [0.15, 0.2) is 0 Å². The molecule has 92 valence electrons. The first-order chi connectivity index (χ1) is 8.72. The van der Waals surface area contributed by atoms with E-state index in [0.29, 0.717) is 22.5 Å². The van der Waals surface area contributed by atoms with Crippen LogP contribution < -0.4 is 0 Å². The van der Waals surface area contributed by atoms with Gasteiger partial charge in [0.2, 0.25) is 0 Å². The second-order valence-corrected chi connectivity index (χ2v) is 4.33. The van der Waals surface area contributed by atoms with Gasteiger partial charge in [0.25, 0.3) is 0 Å². The van der Waals surface area contributed by atoms with Crippen LogP contribution in [0.25, 0.3) is 17.2 Å². The Labute approximate surface area is 108 Å². The van der Waals surface area contributed by atoms with E-state index >= 15 is 0 Å². The zero-order valence-electron chi connectivity index (χ0n) is 9.82. The standard InChI is InChI=1S/C13H12N2O2S/c1-3-9-12(13(16)17-2)11(10(6-14)15-9)8-4-5-18-7-8/h3-7,14-15H,1H2,2H3. The van der Waals surface area contributed by atoms with Crippen LogP contribution in [-0.4, -0.2) is 24.3 Å². The van der Waals surface area contributed by atoms with Gasteiger partial charge in [0.1, 0.15) is 0 Å². The van der Waals surface area contributed by atoms with Crippen LogP contribution in [0.3, 0.4) is 0 Å². The van der Waals surface area contributed by atoms with Gasteiger partial charge in [-0.15, -0.1) is 0 Å². The minimum Gasteiger partial charge on any atom is -0.465 e. The molecule has 0 aliphatic carbocycles. The number of hydrogen-bond donors (Lipinski definition) is 2. The summed E-state index contributed by atoms with van der Waals surface area (Å²) in [6.45, 7) is 3.67. The number of hydrogen-bond acceptors (Lipinski definition) is 4. The Morgan fingerprint density at radius 1 is 1.56 bits per heavy atom. The SMILES string of the molecule is C=Cc1[nH]c(C=N)c(-c2ccsc2)c1C(=O)OC. The number of H-pyrrole nitrogens is 1. The summed E-state index contributed by atoms with van der Waals surface area (Å²) in [7, 11) is 1.34. The van der Waals surface area contributed by atoms with Crippen molar-refractivity contribution in [3.8, 4) is 11.1 Å². The average molecular weight is 260 g/mol. The lowest BCUT2D eigenvalue weighted by atomic mass is 10.0. The predicted octanol–water partition coefficient (Wildman–Crippen LogP) is 3.17. The molecule has 0 saturated carbocycles. The van der Waals surface area contributed by atoms with Crippen molar-refractivity contribution in [2.75, 3.05) is 7.11 Å². The molecule has 18 heavy (non-hydrogen) atoms. The monoisotopic (exact) mass is 260 g/mol. The van der Waals surface area contributed by atoms with Crippen LogP contribution in [0.4, 0.5) is 0 Å². The van der Waals surface area contributed by atoms with Crippen molar-refractivity contribution < 1.29 is 9.53 Å². The van der Waals surface area contributed by atoms with Crippen LogP contribution in [0.2, 0.25) is 0 Å². The number of ether oxygens (including phenoxy) is 1. The maximum Gasteiger partial charge on any atom is 0.340 e. The molecule has 4 nitrogen and oxygen atoms in total. The van der Waals surface area contributed by atoms with Crippen LogP contribution >= 0.6 is 11.3 Å².